The number of pyridine rings is 1. The van der Waals surface area contributed by atoms with Gasteiger partial charge >= 0.3 is 0 Å². The summed E-state index contributed by atoms with van der Waals surface area (Å²) in [5, 5.41) is 15.0. The molecule has 23 heavy (non-hydrogen) atoms. The Balaban J connectivity index is 1.81. The smallest absolute Gasteiger partial charge is 0.136 e. The van der Waals surface area contributed by atoms with E-state index in [0.717, 1.165) is 15.7 Å². The second-order valence-corrected chi connectivity index (χ2v) is 6.35. The van der Waals surface area contributed by atoms with E-state index in [1.807, 2.05) is 47.8 Å². The molecule has 0 saturated carbocycles. The highest BCUT2D eigenvalue weighted by Gasteiger charge is 2.08. The van der Waals surface area contributed by atoms with Crippen molar-refractivity contribution in [2.45, 2.75) is 0 Å². The fourth-order valence-electron chi connectivity index (χ4n) is 1.89. The van der Waals surface area contributed by atoms with Crippen molar-refractivity contribution in [2.24, 2.45) is 0 Å². The van der Waals surface area contributed by atoms with Crippen molar-refractivity contribution in [1.29, 1.82) is 5.26 Å². The van der Waals surface area contributed by atoms with Gasteiger partial charge in [-0.1, -0.05) is 30.3 Å². The standard InChI is InChI=1S/C17H11BrN4S/c18-14-6-7-16(21-10-14)20-9-13(8-19)17-22-15(11-23-17)12-4-2-1-3-5-12/h1-7,9-11H,(H,20,21)/b13-9+. The first kappa shape index (κ1) is 15.4. The first-order chi connectivity index (χ1) is 11.3. The molecule has 0 aliphatic rings. The first-order valence-electron chi connectivity index (χ1n) is 6.76. The molecule has 0 saturated heterocycles. The molecule has 0 radical (unpaired) electrons. The third kappa shape index (κ3) is 3.83. The third-order valence-electron chi connectivity index (χ3n) is 3.02. The van der Waals surface area contributed by atoms with Crippen LogP contribution >= 0.6 is 27.3 Å². The normalized spacial score (nSPS) is 11.0. The zero-order chi connectivity index (χ0) is 16.1. The van der Waals surface area contributed by atoms with Crippen LogP contribution in [0.25, 0.3) is 16.8 Å². The molecule has 0 aliphatic carbocycles. The van der Waals surface area contributed by atoms with E-state index in [9.17, 15) is 5.26 Å². The molecule has 4 nitrogen and oxygen atoms in total. The summed E-state index contributed by atoms with van der Waals surface area (Å²) in [6, 6.07) is 15.8. The van der Waals surface area contributed by atoms with Crippen molar-refractivity contribution in [3.63, 3.8) is 0 Å². The average Bonchev–Trinajstić information content (AvgIpc) is 3.08. The zero-order valence-electron chi connectivity index (χ0n) is 11.9. The maximum atomic E-state index is 9.36. The highest BCUT2D eigenvalue weighted by atomic mass is 79.9. The number of benzene rings is 1. The van der Waals surface area contributed by atoms with Crippen LogP contribution in [0.3, 0.4) is 0 Å². The van der Waals surface area contributed by atoms with Gasteiger partial charge in [0.15, 0.2) is 0 Å². The van der Waals surface area contributed by atoms with Crippen molar-refractivity contribution in [3.05, 3.63) is 69.7 Å². The SMILES string of the molecule is N#C/C(=C\Nc1ccc(Br)cn1)c1nc(-c2ccccc2)cs1. The minimum atomic E-state index is 0.474. The van der Waals surface area contributed by atoms with Gasteiger partial charge in [0.2, 0.25) is 0 Å². The van der Waals surface area contributed by atoms with Crippen molar-refractivity contribution in [3.8, 4) is 17.3 Å². The molecule has 6 heteroatoms. The van der Waals surface area contributed by atoms with Gasteiger partial charge in [0.1, 0.15) is 22.5 Å². The number of halogens is 1. The summed E-state index contributed by atoms with van der Waals surface area (Å²) in [5.74, 6) is 0.667. The molecule has 0 unspecified atom stereocenters. The second kappa shape index (κ2) is 7.18. The number of hydrogen-bond acceptors (Lipinski definition) is 5. The maximum Gasteiger partial charge on any atom is 0.136 e. The van der Waals surface area contributed by atoms with Crippen LogP contribution in [0.15, 0.2) is 64.7 Å². The molecule has 1 N–H and O–H groups in total. The van der Waals surface area contributed by atoms with Crippen LogP contribution in [-0.4, -0.2) is 9.97 Å². The summed E-state index contributed by atoms with van der Waals surface area (Å²) >= 11 is 4.78. The summed E-state index contributed by atoms with van der Waals surface area (Å²) < 4.78 is 0.903. The molecule has 3 aromatic rings. The Morgan fingerprint density at radius 3 is 2.74 bits per heavy atom. The van der Waals surface area contributed by atoms with Gasteiger partial charge in [-0.2, -0.15) is 5.26 Å². The van der Waals surface area contributed by atoms with Crippen LogP contribution < -0.4 is 5.32 Å². The quantitative estimate of drug-likeness (QED) is 0.648. The molecular formula is C17H11BrN4S. The molecule has 0 atom stereocenters. The number of nitrogens with one attached hydrogen (secondary N) is 1. The molecule has 2 aromatic heterocycles. The fraction of sp³-hybridized carbons (Fsp3) is 0. The zero-order valence-corrected chi connectivity index (χ0v) is 14.3. The number of thiazole rings is 1. The number of nitriles is 1. The lowest BCUT2D eigenvalue weighted by molar-refractivity contribution is 1.29. The Kier molecular flexibility index (Phi) is 4.81. The third-order valence-corrected chi connectivity index (χ3v) is 4.36. The van der Waals surface area contributed by atoms with Gasteiger partial charge in [0.25, 0.3) is 0 Å². The number of hydrogen-bond donors (Lipinski definition) is 1. The topological polar surface area (TPSA) is 61.6 Å². The van der Waals surface area contributed by atoms with Crippen molar-refractivity contribution < 1.29 is 0 Å². The van der Waals surface area contributed by atoms with E-state index in [1.165, 1.54) is 11.3 Å². The highest BCUT2D eigenvalue weighted by molar-refractivity contribution is 9.10. The van der Waals surface area contributed by atoms with Crippen molar-refractivity contribution in [1.82, 2.24) is 9.97 Å². The molecule has 112 valence electrons. The van der Waals surface area contributed by atoms with E-state index in [-0.39, 0.29) is 0 Å². The van der Waals surface area contributed by atoms with E-state index in [0.29, 0.717) is 16.4 Å². The lowest BCUT2D eigenvalue weighted by Gasteiger charge is -2.00. The summed E-state index contributed by atoms with van der Waals surface area (Å²) in [6.07, 6.45) is 3.32. The van der Waals surface area contributed by atoms with Crippen LogP contribution in [-0.2, 0) is 0 Å². The minimum absolute atomic E-state index is 0.474. The van der Waals surface area contributed by atoms with Crippen LogP contribution in [0.2, 0.25) is 0 Å². The molecule has 0 bridgehead atoms. The molecular weight excluding hydrogens is 372 g/mol. The summed E-state index contributed by atoms with van der Waals surface area (Å²) in [7, 11) is 0. The van der Waals surface area contributed by atoms with Crippen molar-refractivity contribution in [2.75, 3.05) is 5.32 Å². The number of rotatable bonds is 4. The Hall–Kier alpha value is -2.49. The Morgan fingerprint density at radius 1 is 1.22 bits per heavy atom. The number of anilines is 1. The fourth-order valence-corrected chi connectivity index (χ4v) is 2.92. The van der Waals surface area contributed by atoms with Gasteiger partial charge in [-0.15, -0.1) is 11.3 Å². The monoisotopic (exact) mass is 382 g/mol. The predicted molar refractivity (Wildman–Crippen MR) is 96.7 cm³/mol. The van der Waals surface area contributed by atoms with Crippen LogP contribution in [0, 0.1) is 11.3 Å². The Morgan fingerprint density at radius 2 is 2.04 bits per heavy atom. The maximum absolute atomic E-state index is 9.36. The number of allylic oxidation sites excluding steroid dienone is 1. The first-order valence-corrected chi connectivity index (χ1v) is 8.43. The van der Waals surface area contributed by atoms with Gasteiger partial charge in [-0.3, -0.25) is 0 Å². The molecule has 0 fully saturated rings. The number of nitrogens with zero attached hydrogens (tertiary/aromatic N) is 3. The van der Waals surface area contributed by atoms with E-state index < -0.39 is 0 Å². The van der Waals surface area contributed by atoms with Gasteiger partial charge in [0, 0.05) is 27.8 Å². The lowest BCUT2D eigenvalue weighted by atomic mass is 10.2. The molecule has 0 spiro atoms. The molecule has 0 amide bonds. The second-order valence-electron chi connectivity index (χ2n) is 4.58. The van der Waals surface area contributed by atoms with Gasteiger partial charge in [0.05, 0.1) is 5.69 Å². The van der Waals surface area contributed by atoms with Gasteiger partial charge in [-0.05, 0) is 28.1 Å². The van der Waals surface area contributed by atoms with E-state index in [2.05, 4.69) is 37.3 Å². The Labute approximate surface area is 146 Å². The van der Waals surface area contributed by atoms with Crippen molar-refractivity contribution >= 4 is 38.7 Å². The van der Waals surface area contributed by atoms with Gasteiger partial charge in [-0.25, -0.2) is 9.97 Å². The molecule has 3 rings (SSSR count). The summed E-state index contributed by atoms with van der Waals surface area (Å²) in [4.78, 5) is 8.74. The van der Waals surface area contributed by atoms with Crippen LogP contribution in [0.5, 0.6) is 0 Å². The largest absolute Gasteiger partial charge is 0.345 e. The highest BCUT2D eigenvalue weighted by Crippen LogP contribution is 2.25. The van der Waals surface area contributed by atoms with Crippen LogP contribution in [0.4, 0.5) is 5.82 Å². The lowest BCUT2D eigenvalue weighted by Crippen LogP contribution is -1.93. The molecule has 0 aliphatic heterocycles. The summed E-state index contributed by atoms with van der Waals surface area (Å²) in [5.41, 5.74) is 2.38. The predicted octanol–water partition coefficient (Wildman–Crippen LogP) is 4.94. The van der Waals surface area contributed by atoms with Crippen LogP contribution in [0.1, 0.15) is 5.01 Å². The number of aromatic nitrogens is 2. The van der Waals surface area contributed by atoms with E-state index in [1.54, 1.807) is 12.4 Å². The van der Waals surface area contributed by atoms with Gasteiger partial charge < -0.3 is 5.32 Å². The van der Waals surface area contributed by atoms with E-state index in [4.69, 9.17) is 0 Å². The average molecular weight is 383 g/mol. The Bertz CT molecular complexity index is 864. The molecule has 2 heterocycles. The van der Waals surface area contributed by atoms with E-state index >= 15 is 0 Å². The summed E-state index contributed by atoms with van der Waals surface area (Å²) in [6.45, 7) is 0. The minimum Gasteiger partial charge on any atom is -0.345 e. The molecule has 1 aromatic carbocycles.